The number of aromatic hydroxyl groups is 1. The molecule has 3 rings (SSSR count). The van der Waals surface area contributed by atoms with E-state index in [0.717, 1.165) is 4.88 Å². The second-order valence-electron chi connectivity index (χ2n) is 6.15. The number of phenolic OH excluding ortho intramolecular Hbond substituents is 1. The molecule has 3 N–H and O–H groups in total. The summed E-state index contributed by atoms with van der Waals surface area (Å²) in [4.78, 5) is 26.0. The summed E-state index contributed by atoms with van der Waals surface area (Å²) < 4.78 is 5.52. The van der Waals surface area contributed by atoms with E-state index in [1.807, 2.05) is 17.5 Å². The third-order valence-corrected chi connectivity index (χ3v) is 5.43. The van der Waals surface area contributed by atoms with Gasteiger partial charge in [-0.2, -0.15) is 5.10 Å². The number of halogens is 1. The number of ether oxygens (including phenoxy) is 1. The quantitative estimate of drug-likeness (QED) is 0.258. The van der Waals surface area contributed by atoms with Gasteiger partial charge < -0.3 is 15.2 Å². The molecule has 2 amide bonds. The number of phenols is 1. The van der Waals surface area contributed by atoms with Crippen molar-refractivity contribution in [1.29, 1.82) is 0 Å². The van der Waals surface area contributed by atoms with E-state index in [9.17, 15) is 14.7 Å². The van der Waals surface area contributed by atoms with Crippen molar-refractivity contribution in [1.82, 2.24) is 10.7 Å². The summed E-state index contributed by atoms with van der Waals surface area (Å²) in [5, 5.41) is 18.3. The highest BCUT2D eigenvalue weighted by molar-refractivity contribution is 9.10. The summed E-state index contributed by atoms with van der Waals surface area (Å²) in [7, 11) is 1.43. The van der Waals surface area contributed by atoms with Crippen LogP contribution in [0.4, 0.5) is 0 Å². The molecule has 0 unspecified atom stereocenters. The standard InChI is InChI=1S/C22H18BrN3O4S/c1-30-19-11-14(10-17(23)20(19)27)13-24-26-22(29)18(12-16-8-5-9-31-16)25-21(28)15-6-3-2-4-7-15/h2-13,27H,1H3,(H,25,28)(H,26,29)/b18-12?,24-13+. The summed E-state index contributed by atoms with van der Waals surface area (Å²) in [6, 6.07) is 15.5. The van der Waals surface area contributed by atoms with Gasteiger partial charge in [0.2, 0.25) is 0 Å². The minimum Gasteiger partial charge on any atom is -0.503 e. The Labute approximate surface area is 191 Å². The maximum absolute atomic E-state index is 12.7. The molecule has 1 aromatic heterocycles. The summed E-state index contributed by atoms with van der Waals surface area (Å²) in [5.74, 6) is -0.766. The number of amides is 2. The molecular weight excluding hydrogens is 482 g/mol. The first-order valence-electron chi connectivity index (χ1n) is 8.99. The van der Waals surface area contributed by atoms with E-state index in [4.69, 9.17) is 4.74 Å². The van der Waals surface area contributed by atoms with Crippen molar-refractivity contribution in [3.05, 3.63) is 86.2 Å². The van der Waals surface area contributed by atoms with Crippen LogP contribution in [0, 0.1) is 0 Å². The first-order valence-corrected chi connectivity index (χ1v) is 10.7. The van der Waals surface area contributed by atoms with Crippen molar-refractivity contribution < 1.29 is 19.4 Å². The Hall–Kier alpha value is -3.43. The second-order valence-corrected chi connectivity index (χ2v) is 7.98. The van der Waals surface area contributed by atoms with Gasteiger partial charge >= 0.3 is 0 Å². The van der Waals surface area contributed by atoms with Crippen LogP contribution in [0.25, 0.3) is 6.08 Å². The Morgan fingerprint density at radius 2 is 1.94 bits per heavy atom. The molecule has 1 heterocycles. The van der Waals surface area contributed by atoms with Crippen LogP contribution in [0.1, 0.15) is 20.8 Å². The van der Waals surface area contributed by atoms with Crippen molar-refractivity contribution in [3.63, 3.8) is 0 Å². The molecule has 0 saturated carbocycles. The monoisotopic (exact) mass is 499 g/mol. The van der Waals surface area contributed by atoms with Gasteiger partial charge in [-0.15, -0.1) is 11.3 Å². The fourth-order valence-electron chi connectivity index (χ4n) is 2.51. The second kappa shape index (κ2) is 10.6. The highest BCUT2D eigenvalue weighted by Crippen LogP contribution is 2.34. The lowest BCUT2D eigenvalue weighted by Crippen LogP contribution is -2.32. The van der Waals surface area contributed by atoms with Gasteiger partial charge in [0.25, 0.3) is 11.8 Å². The average Bonchev–Trinajstić information content (AvgIpc) is 3.29. The summed E-state index contributed by atoms with van der Waals surface area (Å²) >= 11 is 4.66. The lowest BCUT2D eigenvalue weighted by molar-refractivity contribution is -0.117. The zero-order valence-electron chi connectivity index (χ0n) is 16.3. The molecule has 0 spiro atoms. The van der Waals surface area contributed by atoms with Crippen molar-refractivity contribution >= 4 is 51.4 Å². The number of nitrogens with one attached hydrogen (secondary N) is 2. The molecule has 2 aromatic carbocycles. The molecule has 7 nitrogen and oxygen atoms in total. The van der Waals surface area contributed by atoms with E-state index in [1.165, 1.54) is 24.7 Å². The number of methoxy groups -OCH3 is 1. The Morgan fingerprint density at radius 1 is 1.16 bits per heavy atom. The normalized spacial score (nSPS) is 11.4. The van der Waals surface area contributed by atoms with Crippen LogP contribution in [-0.2, 0) is 4.79 Å². The van der Waals surface area contributed by atoms with Crippen molar-refractivity contribution in [3.8, 4) is 11.5 Å². The number of nitrogens with zero attached hydrogens (tertiary/aromatic N) is 1. The fourth-order valence-corrected chi connectivity index (χ4v) is 3.62. The van der Waals surface area contributed by atoms with Gasteiger partial charge in [-0.05, 0) is 63.3 Å². The van der Waals surface area contributed by atoms with Crippen molar-refractivity contribution in [2.45, 2.75) is 0 Å². The number of carbonyl (C=O) groups is 2. The Bertz CT molecular complexity index is 1130. The predicted octanol–water partition coefficient (Wildman–Crippen LogP) is 4.15. The van der Waals surface area contributed by atoms with Gasteiger partial charge in [0.15, 0.2) is 11.5 Å². The van der Waals surface area contributed by atoms with Crippen LogP contribution in [0.5, 0.6) is 11.5 Å². The third kappa shape index (κ3) is 6.03. The number of thiophene rings is 1. The molecule has 0 aliphatic carbocycles. The first kappa shape index (κ1) is 22.3. The summed E-state index contributed by atoms with van der Waals surface area (Å²) in [6.45, 7) is 0. The van der Waals surface area contributed by atoms with E-state index >= 15 is 0 Å². The average molecular weight is 500 g/mol. The van der Waals surface area contributed by atoms with Gasteiger partial charge in [0, 0.05) is 10.4 Å². The Morgan fingerprint density at radius 3 is 2.61 bits per heavy atom. The largest absolute Gasteiger partial charge is 0.503 e. The molecule has 3 aromatic rings. The predicted molar refractivity (Wildman–Crippen MR) is 124 cm³/mol. The van der Waals surface area contributed by atoms with Gasteiger partial charge in [-0.1, -0.05) is 24.3 Å². The smallest absolute Gasteiger partial charge is 0.287 e. The van der Waals surface area contributed by atoms with E-state index < -0.39 is 11.8 Å². The molecule has 158 valence electrons. The molecule has 0 aliphatic rings. The van der Waals surface area contributed by atoms with E-state index in [-0.39, 0.29) is 17.2 Å². The molecule has 0 radical (unpaired) electrons. The number of hydrogen-bond acceptors (Lipinski definition) is 6. The van der Waals surface area contributed by atoms with Crippen molar-refractivity contribution in [2.24, 2.45) is 5.10 Å². The van der Waals surface area contributed by atoms with Crippen LogP contribution < -0.4 is 15.5 Å². The van der Waals surface area contributed by atoms with Gasteiger partial charge in [-0.3, -0.25) is 9.59 Å². The summed E-state index contributed by atoms with van der Waals surface area (Å²) in [6.07, 6.45) is 2.98. The molecule has 31 heavy (non-hydrogen) atoms. The molecule has 0 bridgehead atoms. The number of hydrogen-bond donors (Lipinski definition) is 3. The summed E-state index contributed by atoms with van der Waals surface area (Å²) in [5.41, 5.74) is 3.47. The zero-order chi connectivity index (χ0) is 22.2. The molecule has 0 fully saturated rings. The van der Waals surface area contributed by atoms with E-state index in [1.54, 1.807) is 48.5 Å². The molecular formula is C22H18BrN3O4S. The minimum atomic E-state index is -0.584. The SMILES string of the molecule is COc1cc(/C=N/NC(=O)C(=Cc2cccs2)NC(=O)c2ccccc2)cc(Br)c1O. The van der Waals surface area contributed by atoms with Crippen LogP contribution in [0.15, 0.2) is 75.2 Å². The van der Waals surface area contributed by atoms with Crippen LogP contribution in [0.3, 0.4) is 0 Å². The lowest BCUT2D eigenvalue weighted by atomic mass is 10.2. The van der Waals surface area contributed by atoms with Gasteiger partial charge in [0.05, 0.1) is 17.8 Å². The maximum atomic E-state index is 12.7. The van der Waals surface area contributed by atoms with Gasteiger partial charge in [0.1, 0.15) is 5.70 Å². The number of rotatable bonds is 7. The van der Waals surface area contributed by atoms with Crippen molar-refractivity contribution in [2.75, 3.05) is 7.11 Å². The minimum absolute atomic E-state index is 0.0338. The number of carbonyl (C=O) groups excluding carboxylic acids is 2. The highest BCUT2D eigenvalue weighted by Gasteiger charge is 2.14. The Balaban J connectivity index is 1.77. The van der Waals surface area contributed by atoms with E-state index in [0.29, 0.717) is 15.6 Å². The maximum Gasteiger partial charge on any atom is 0.287 e. The molecule has 0 atom stereocenters. The fraction of sp³-hybridized carbons (Fsp3) is 0.0455. The number of benzene rings is 2. The van der Waals surface area contributed by atoms with E-state index in [2.05, 4.69) is 31.8 Å². The third-order valence-electron chi connectivity index (χ3n) is 4.01. The molecule has 0 aliphatic heterocycles. The van der Waals surface area contributed by atoms with Crippen LogP contribution >= 0.6 is 27.3 Å². The molecule has 9 heteroatoms. The topological polar surface area (TPSA) is 100 Å². The lowest BCUT2D eigenvalue weighted by Gasteiger charge is -2.09. The zero-order valence-corrected chi connectivity index (χ0v) is 18.7. The first-order chi connectivity index (χ1) is 15.0. The highest BCUT2D eigenvalue weighted by atomic mass is 79.9. The van der Waals surface area contributed by atoms with Crippen LogP contribution in [-0.4, -0.2) is 30.2 Å². The Kier molecular flexibility index (Phi) is 7.58. The van der Waals surface area contributed by atoms with Gasteiger partial charge in [-0.25, -0.2) is 5.43 Å². The molecule has 0 saturated heterocycles. The van der Waals surface area contributed by atoms with Crippen LogP contribution in [0.2, 0.25) is 0 Å². The number of hydrazone groups is 1.